The molecule has 0 radical (unpaired) electrons. The molecule has 0 saturated carbocycles. The van der Waals surface area contributed by atoms with Crippen molar-refractivity contribution in [2.45, 2.75) is 12.8 Å². The van der Waals surface area contributed by atoms with Gasteiger partial charge >= 0.3 is 0 Å². The van der Waals surface area contributed by atoms with Gasteiger partial charge in [0.15, 0.2) is 0 Å². The second kappa shape index (κ2) is 6.66. The fourth-order valence-corrected chi connectivity index (χ4v) is 2.99. The smallest absolute Gasteiger partial charge is 0.123 e. The van der Waals surface area contributed by atoms with Gasteiger partial charge in [-0.1, -0.05) is 18.2 Å². The van der Waals surface area contributed by atoms with Gasteiger partial charge < -0.3 is 5.32 Å². The minimum atomic E-state index is -0.165. The molecule has 2 aromatic rings. The minimum absolute atomic E-state index is 0.165. The van der Waals surface area contributed by atoms with Crippen LogP contribution in [0.1, 0.15) is 10.4 Å². The van der Waals surface area contributed by atoms with Crippen LogP contribution >= 0.6 is 11.3 Å². The molecule has 1 atom stereocenters. The van der Waals surface area contributed by atoms with E-state index in [1.807, 2.05) is 19.2 Å². The number of hydrogen-bond acceptors (Lipinski definition) is 2. The molecule has 1 heterocycles. The van der Waals surface area contributed by atoms with Crippen molar-refractivity contribution in [3.05, 3.63) is 58.0 Å². The van der Waals surface area contributed by atoms with Crippen LogP contribution in [0.5, 0.6) is 0 Å². The van der Waals surface area contributed by atoms with Crippen molar-refractivity contribution >= 4 is 11.3 Å². The first-order valence-corrected chi connectivity index (χ1v) is 7.07. The van der Waals surface area contributed by atoms with E-state index in [-0.39, 0.29) is 5.82 Å². The zero-order chi connectivity index (χ0) is 12.8. The van der Waals surface area contributed by atoms with E-state index in [1.54, 1.807) is 11.3 Å². The molecule has 0 saturated heterocycles. The van der Waals surface area contributed by atoms with Crippen molar-refractivity contribution in [3.8, 4) is 0 Å². The zero-order valence-corrected chi connectivity index (χ0v) is 11.3. The summed E-state index contributed by atoms with van der Waals surface area (Å²) in [5, 5.41) is 5.36. The lowest BCUT2D eigenvalue weighted by Gasteiger charge is -2.15. The summed E-state index contributed by atoms with van der Waals surface area (Å²) < 4.78 is 12.9. The van der Waals surface area contributed by atoms with Crippen LogP contribution in [0, 0.1) is 11.7 Å². The first-order chi connectivity index (χ1) is 8.78. The molecule has 0 aliphatic carbocycles. The highest BCUT2D eigenvalue weighted by atomic mass is 32.1. The van der Waals surface area contributed by atoms with Crippen LogP contribution in [0.4, 0.5) is 4.39 Å². The fraction of sp³-hybridized carbons (Fsp3) is 0.333. The molecule has 0 aliphatic heterocycles. The topological polar surface area (TPSA) is 12.0 Å². The minimum Gasteiger partial charge on any atom is -0.319 e. The molecule has 0 aliphatic rings. The largest absolute Gasteiger partial charge is 0.319 e. The predicted octanol–water partition coefficient (Wildman–Crippen LogP) is 3.51. The van der Waals surface area contributed by atoms with Crippen LogP contribution in [0.2, 0.25) is 0 Å². The van der Waals surface area contributed by atoms with Crippen molar-refractivity contribution in [3.63, 3.8) is 0 Å². The summed E-state index contributed by atoms with van der Waals surface area (Å²) in [7, 11) is 1.98. The van der Waals surface area contributed by atoms with Crippen LogP contribution in [0.15, 0.2) is 41.8 Å². The van der Waals surface area contributed by atoms with Gasteiger partial charge in [-0.3, -0.25) is 0 Å². The third-order valence-corrected chi connectivity index (χ3v) is 3.90. The molecule has 1 aromatic carbocycles. The van der Waals surface area contributed by atoms with Crippen molar-refractivity contribution < 1.29 is 4.39 Å². The highest BCUT2D eigenvalue weighted by Gasteiger charge is 2.10. The number of rotatable bonds is 6. The Hall–Kier alpha value is -1.19. The zero-order valence-electron chi connectivity index (χ0n) is 10.5. The fourth-order valence-electron chi connectivity index (χ4n) is 2.17. The van der Waals surface area contributed by atoms with E-state index >= 15 is 0 Å². The van der Waals surface area contributed by atoms with Gasteiger partial charge in [-0.15, -0.1) is 11.3 Å². The van der Waals surface area contributed by atoms with E-state index in [0.717, 1.165) is 19.4 Å². The van der Waals surface area contributed by atoms with Crippen LogP contribution in [-0.2, 0) is 12.8 Å². The maximum atomic E-state index is 12.9. The third kappa shape index (κ3) is 3.93. The third-order valence-electron chi connectivity index (χ3n) is 3.00. The highest BCUT2D eigenvalue weighted by molar-refractivity contribution is 7.09. The molecule has 18 heavy (non-hydrogen) atoms. The van der Waals surface area contributed by atoms with E-state index in [2.05, 4.69) is 22.8 Å². The molecule has 1 unspecified atom stereocenters. The summed E-state index contributed by atoms with van der Waals surface area (Å²) in [5.74, 6) is 0.390. The highest BCUT2D eigenvalue weighted by Crippen LogP contribution is 2.18. The van der Waals surface area contributed by atoms with E-state index in [1.165, 1.54) is 22.6 Å². The van der Waals surface area contributed by atoms with Crippen molar-refractivity contribution in [2.24, 2.45) is 5.92 Å². The van der Waals surface area contributed by atoms with Crippen molar-refractivity contribution in [2.75, 3.05) is 13.6 Å². The van der Waals surface area contributed by atoms with E-state index < -0.39 is 0 Å². The first kappa shape index (κ1) is 13.2. The first-order valence-electron chi connectivity index (χ1n) is 6.19. The summed E-state index contributed by atoms with van der Waals surface area (Å²) in [4.78, 5) is 1.41. The van der Waals surface area contributed by atoms with Gasteiger partial charge in [0.05, 0.1) is 0 Å². The Labute approximate surface area is 112 Å². The average molecular weight is 263 g/mol. The van der Waals surface area contributed by atoms with Gasteiger partial charge in [-0.25, -0.2) is 4.39 Å². The Morgan fingerprint density at radius 3 is 2.56 bits per heavy atom. The molecule has 0 spiro atoms. The second-order valence-corrected chi connectivity index (χ2v) is 5.57. The number of thiophene rings is 1. The number of hydrogen-bond donors (Lipinski definition) is 1. The Kier molecular flexibility index (Phi) is 4.90. The average Bonchev–Trinajstić information content (AvgIpc) is 2.85. The molecular formula is C15H18FNS. The predicted molar refractivity (Wildman–Crippen MR) is 75.5 cm³/mol. The van der Waals surface area contributed by atoms with Crippen molar-refractivity contribution in [1.82, 2.24) is 5.32 Å². The molecule has 1 aromatic heterocycles. The Balaban J connectivity index is 1.99. The normalized spacial score (nSPS) is 12.6. The molecule has 1 nitrogen and oxygen atoms in total. The summed E-state index contributed by atoms with van der Waals surface area (Å²) in [5.41, 5.74) is 1.20. The summed E-state index contributed by atoms with van der Waals surface area (Å²) in [6.45, 7) is 0.981. The molecule has 0 amide bonds. The molecule has 3 heteroatoms. The molecule has 0 bridgehead atoms. The number of benzene rings is 1. The van der Waals surface area contributed by atoms with Gasteiger partial charge in [0.25, 0.3) is 0 Å². The molecule has 2 rings (SSSR count). The lowest BCUT2D eigenvalue weighted by Crippen LogP contribution is -2.22. The lowest BCUT2D eigenvalue weighted by atomic mass is 9.95. The second-order valence-electron chi connectivity index (χ2n) is 4.54. The number of nitrogens with one attached hydrogen (secondary N) is 1. The lowest BCUT2D eigenvalue weighted by molar-refractivity contribution is 0.496. The van der Waals surface area contributed by atoms with Crippen molar-refractivity contribution in [1.29, 1.82) is 0 Å². The maximum absolute atomic E-state index is 12.9. The Morgan fingerprint density at radius 1 is 1.17 bits per heavy atom. The van der Waals surface area contributed by atoms with Gasteiger partial charge in [0.2, 0.25) is 0 Å². The SMILES string of the molecule is CNCC(Cc1ccc(F)cc1)Cc1cccs1. The quantitative estimate of drug-likeness (QED) is 0.841. The Bertz CT molecular complexity index is 450. The van der Waals surface area contributed by atoms with Gasteiger partial charge in [0.1, 0.15) is 5.82 Å². The van der Waals surface area contributed by atoms with Crippen LogP contribution in [-0.4, -0.2) is 13.6 Å². The monoisotopic (exact) mass is 263 g/mol. The van der Waals surface area contributed by atoms with E-state index in [9.17, 15) is 4.39 Å². The van der Waals surface area contributed by atoms with Crippen LogP contribution in [0.3, 0.4) is 0 Å². The number of halogens is 1. The summed E-state index contributed by atoms with van der Waals surface area (Å²) >= 11 is 1.80. The van der Waals surface area contributed by atoms with E-state index in [0.29, 0.717) is 5.92 Å². The Morgan fingerprint density at radius 2 is 1.94 bits per heavy atom. The van der Waals surface area contributed by atoms with Crippen LogP contribution < -0.4 is 5.32 Å². The van der Waals surface area contributed by atoms with Crippen LogP contribution in [0.25, 0.3) is 0 Å². The van der Waals surface area contributed by atoms with E-state index in [4.69, 9.17) is 0 Å². The molecular weight excluding hydrogens is 245 g/mol. The molecule has 96 valence electrons. The molecule has 0 fully saturated rings. The summed E-state index contributed by atoms with van der Waals surface area (Å²) in [6.07, 6.45) is 2.06. The summed E-state index contributed by atoms with van der Waals surface area (Å²) in [6, 6.07) is 11.1. The van der Waals surface area contributed by atoms with Gasteiger partial charge in [-0.05, 0) is 61.5 Å². The standard InChI is InChI=1S/C15H18FNS/c1-17-11-13(10-15-3-2-8-18-15)9-12-4-6-14(16)7-5-12/h2-8,13,17H,9-11H2,1H3. The van der Waals surface area contributed by atoms with Gasteiger partial charge in [-0.2, -0.15) is 0 Å². The van der Waals surface area contributed by atoms with Gasteiger partial charge in [0, 0.05) is 4.88 Å². The maximum Gasteiger partial charge on any atom is 0.123 e. The molecule has 1 N–H and O–H groups in total.